The molecule has 2 aliphatic heterocycles. The summed E-state index contributed by atoms with van der Waals surface area (Å²) < 4.78 is 13.7. The first kappa shape index (κ1) is 17.3. The van der Waals surface area contributed by atoms with Crippen molar-refractivity contribution in [1.29, 1.82) is 0 Å². The molecular weight excluding hydrogens is 328 g/mol. The molecule has 1 atom stereocenters. The van der Waals surface area contributed by atoms with Gasteiger partial charge in [0.05, 0.1) is 25.7 Å². The van der Waals surface area contributed by atoms with Gasteiger partial charge in [-0.3, -0.25) is 4.79 Å². The number of ether oxygens (including phenoxy) is 2. The highest BCUT2D eigenvalue weighted by molar-refractivity contribution is 5.77. The molecule has 1 amide bonds. The van der Waals surface area contributed by atoms with Crippen LogP contribution < -0.4 is 0 Å². The highest BCUT2D eigenvalue weighted by Crippen LogP contribution is 2.32. The van der Waals surface area contributed by atoms with Crippen LogP contribution in [0, 0.1) is 6.92 Å². The molecule has 26 heavy (non-hydrogen) atoms. The Morgan fingerprint density at radius 3 is 2.46 bits per heavy atom. The molecule has 0 aliphatic carbocycles. The van der Waals surface area contributed by atoms with Crippen molar-refractivity contribution < 1.29 is 14.3 Å². The minimum atomic E-state index is -0.437. The van der Waals surface area contributed by atoms with Crippen molar-refractivity contribution in [3.8, 4) is 0 Å². The molecule has 1 unspecified atom stereocenters. The number of amides is 1. The van der Waals surface area contributed by atoms with E-state index in [4.69, 9.17) is 9.47 Å². The van der Waals surface area contributed by atoms with Gasteiger partial charge in [0, 0.05) is 38.3 Å². The Morgan fingerprint density at radius 1 is 1.12 bits per heavy atom. The fourth-order valence-electron chi connectivity index (χ4n) is 4.01. The van der Waals surface area contributed by atoms with E-state index in [1.807, 2.05) is 29.4 Å². The normalized spacial score (nSPS) is 20.4. The number of nitrogens with zero attached hydrogens (tertiary/aromatic N) is 2. The van der Waals surface area contributed by atoms with Crippen LogP contribution in [0.4, 0.5) is 0 Å². The molecule has 1 spiro atoms. The first-order chi connectivity index (χ1) is 12.7. The second kappa shape index (κ2) is 7.25. The monoisotopic (exact) mass is 354 g/mol. The van der Waals surface area contributed by atoms with Crippen molar-refractivity contribution >= 4 is 5.91 Å². The lowest BCUT2D eigenvalue weighted by Gasteiger charge is -2.38. The quantitative estimate of drug-likeness (QED) is 0.847. The van der Waals surface area contributed by atoms with Crippen LogP contribution in [0.2, 0.25) is 0 Å². The SMILES string of the molecule is Cc1cccc(C(CC(=O)N2CCC3(CC2)OCCO3)n2cccc2)c1. The van der Waals surface area contributed by atoms with E-state index in [9.17, 15) is 4.79 Å². The van der Waals surface area contributed by atoms with Crippen LogP contribution in [-0.4, -0.2) is 47.5 Å². The molecule has 2 aromatic rings. The molecular formula is C21H26N2O3. The zero-order valence-electron chi connectivity index (χ0n) is 15.3. The van der Waals surface area contributed by atoms with Crippen LogP contribution >= 0.6 is 0 Å². The van der Waals surface area contributed by atoms with Crippen molar-refractivity contribution in [2.24, 2.45) is 0 Å². The van der Waals surface area contributed by atoms with E-state index in [0.29, 0.717) is 32.7 Å². The molecule has 0 N–H and O–H groups in total. The number of carbonyl (C=O) groups excluding carboxylic acids is 1. The fraction of sp³-hybridized carbons (Fsp3) is 0.476. The van der Waals surface area contributed by atoms with Crippen molar-refractivity contribution in [3.05, 3.63) is 59.9 Å². The minimum Gasteiger partial charge on any atom is -0.347 e. The average Bonchev–Trinajstić information content (AvgIpc) is 3.33. The van der Waals surface area contributed by atoms with Gasteiger partial charge in [-0.25, -0.2) is 0 Å². The molecule has 138 valence electrons. The van der Waals surface area contributed by atoms with Gasteiger partial charge in [0.25, 0.3) is 0 Å². The standard InChI is InChI=1S/C21H26N2O3/c1-17-5-4-6-18(15-17)19(22-9-2-3-10-22)16-20(24)23-11-7-21(8-12-23)25-13-14-26-21/h2-6,9-10,15,19H,7-8,11-14,16H2,1H3. The zero-order chi connectivity index (χ0) is 18.0. The molecule has 0 saturated carbocycles. The maximum atomic E-state index is 13.0. The van der Waals surface area contributed by atoms with E-state index in [2.05, 4.69) is 35.8 Å². The molecule has 2 saturated heterocycles. The van der Waals surface area contributed by atoms with Gasteiger partial charge in [0.15, 0.2) is 5.79 Å². The molecule has 0 radical (unpaired) electrons. The molecule has 1 aromatic heterocycles. The largest absolute Gasteiger partial charge is 0.347 e. The van der Waals surface area contributed by atoms with Gasteiger partial charge in [0.1, 0.15) is 0 Å². The third-order valence-electron chi connectivity index (χ3n) is 5.47. The highest BCUT2D eigenvalue weighted by Gasteiger charge is 2.40. The summed E-state index contributed by atoms with van der Waals surface area (Å²) in [6.45, 7) is 4.81. The summed E-state index contributed by atoms with van der Waals surface area (Å²) in [5, 5.41) is 0. The Morgan fingerprint density at radius 2 is 1.81 bits per heavy atom. The van der Waals surface area contributed by atoms with Gasteiger partial charge in [-0.15, -0.1) is 0 Å². The molecule has 2 fully saturated rings. The van der Waals surface area contributed by atoms with Gasteiger partial charge >= 0.3 is 0 Å². The number of likely N-dealkylation sites (tertiary alicyclic amines) is 1. The van der Waals surface area contributed by atoms with Crippen LogP contribution in [0.3, 0.4) is 0 Å². The number of benzene rings is 1. The second-order valence-electron chi connectivity index (χ2n) is 7.25. The first-order valence-corrected chi connectivity index (χ1v) is 9.40. The lowest BCUT2D eigenvalue weighted by atomic mass is 9.99. The summed E-state index contributed by atoms with van der Waals surface area (Å²) in [5.74, 6) is -0.245. The number of hydrogen-bond acceptors (Lipinski definition) is 3. The van der Waals surface area contributed by atoms with Crippen LogP contribution in [0.25, 0.3) is 0 Å². The van der Waals surface area contributed by atoms with E-state index in [1.54, 1.807) is 0 Å². The summed E-state index contributed by atoms with van der Waals surface area (Å²) in [5.41, 5.74) is 2.38. The summed E-state index contributed by atoms with van der Waals surface area (Å²) in [7, 11) is 0. The smallest absolute Gasteiger partial charge is 0.225 e. The number of carbonyl (C=O) groups is 1. The summed E-state index contributed by atoms with van der Waals surface area (Å²) >= 11 is 0. The molecule has 5 nitrogen and oxygen atoms in total. The molecule has 4 rings (SSSR count). The zero-order valence-corrected chi connectivity index (χ0v) is 15.3. The van der Waals surface area contributed by atoms with Crippen LogP contribution in [0.5, 0.6) is 0 Å². The molecule has 2 aliphatic rings. The van der Waals surface area contributed by atoms with Crippen molar-refractivity contribution in [1.82, 2.24) is 9.47 Å². The van der Waals surface area contributed by atoms with Gasteiger partial charge in [-0.1, -0.05) is 29.8 Å². The Hall–Kier alpha value is -2.11. The third kappa shape index (κ3) is 3.55. The van der Waals surface area contributed by atoms with Crippen molar-refractivity contribution in [2.45, 2.75) is 38.0 Å². The van der Waals surface area contributed by atoms with Crippen LogP contribution in [-0.2, 0) is 14.3 Å². The predicted octanol–water partition coefficient (Wildman–Crippen LogP) is 3.14. The maximum absolute atomic E-state index is 13.0. The Kier molecular flexibility index (Phi) is 4.83. The fourth-order valence-corrected chi connectivity index (χ4v) is 4.01. The van der Waals surface area contributed by atoms with Gasteiger partial charge < -0.3 is 18.9 Å². The topological polar surface area (TPSA) is 43.7 Å². The number of piperidine rings is 1. The van der Waals surface area contributed by atoms with Crippen LogP contribution in [0.15, 0.2) is 48.8 Å². The second-order valence-corrected chi connectivity index (χ2v) is 7.25. The van der Waals surface area contributed by atoms with Gasteiger partial charge in [0.2, 0.25) is 5.91 Å². The van der Waals surface area contributed by atoms with E-state index in [0.717, 1.165) is 12.8 Å². The predicted molar refractivity (Wildman–Crippen MR) is 98.8 cm³/mol. The Bertz CT molecular complexity index is 740. The average molecular weight is 354 g/mol. The number of aryl methyl sites for hydroxylation is 1. The summed E-state index contributed by atoms with van der Waals surface area (Å²) in [6, 6.07) is 12.5. The lowest BCUT2D eigenvalue weighted by Crippen LogP contribution is -2.47. The molecule has 1 aromatic carbocycles. The van der Waals surface area contributed by atoms with E-state index in [1.165, 1.54) is 11.1 Å². The van der Waals surface area contributed by atoms with Crippen LogP contribution in [0.1, 0.15) is 36.4 Å². The highest BCUT2D eigenvalue weighted by atomic mass is 16.7. The summed E-state index contributed by atoms with van der Waals surface area (Å²) in [6.07, 6.45) is 6.05. The number of hydrogen-bond donors (Lipinski definition) is 0. The van der Waals surface area contributed by atoms with Gasteiger partial charge in [-0.2, -0.15) is 0 Å². The third-order valence-corrected chi connectivity index (χ3v) is 5.47. The summed E-state index contributed by atoms with van der Waals surface area (Å²) in [4.78, 5) is 15.0. The Labute approximate surface area is 154 Å². The van der Waals surface area contributed by atoms with Crippen molar-refractivity contribution in [2.75, 3.05) is 26.3 Å². The van der Waals surface area contributed by atoms with Crippen molar-refractivity contribution in [3.63, 3.8) is 0 Å². The maximum Gasteiger partial charge on any atom is 0.225 e. The first-order valence-electron chi connectivity index (χ1n) is 9.40. The minimum absolute atomic E-state index is 0.0206. The van der Waals surface area contributed by atoms with E-state index >= 15 is 0 Å². The molecule has 5 heteroatoms. The number of rotatable bonds is 4. The van der Waals surface area contributed by atoms with E-state index < -0.39 is 5.79 Å². The molecule has 3 heterocycles. The lowest BCUT2D eigenvalue weighted by molar-refractivity contribution is -0.187. The Balaban J connectivity index is 1.47. The number of aromatic nitrogens is 1. The molecule has 0 bridgehead atoms. The van der Waals surface area contributed by atoms with Gasteiger partial charge in [-0.05, 0) is 24.6 Å². The van der Waals surface area contributed by atoms with E-state index in [-0.39, 0.29) is 11.9 Å².